The summed E-state index contributed by atoms with van der Waals surface area (Å²) in [6, 6.07) is 0.0514. The van der Waals surface area contributed by atoms with E-state index in [0.29, 0.717) is 18.8 Å². The summed E-state index contributed by atoms with van der Waals surface area (Å²) < 4.78 is 0. The summed E-state index contributed by atoms with van der Waals surface area (Å²) >= 11 is 0. The molecular formula is C30H45N3O. The number of allylic oxidation sites excluding steroid dienone is 10. The lowest BCUT2D eigenvalue weighted by Crippen LogP contribution is -2.41. The number of amides is 1. The van der Waals surface area contributed by atoms with Gasteiger partial charge in [-0.3, -0.25) is 9.79 Å². The summed E-state index contributed by atoms with van der Waals surface area (Å²) in [4.78, 5) is 19.9. The number of carbonyl (C=O) groups excluding carboxylic acids is 1. The fourth-order valence-electron chi connectivity index (χ4n) is 3.97. The van der Waals surface area contributed by atoms with Crippen molar-refractivity contribution in [2.24, 2.45) is 10.7 Å². The molecule has 0 aromatic rings. The van der Waals surface area contributed by atoms with Crippen molar-refractivity contribution >= 4 is 11.6 Å². The molecule has 1 atom stereocenters. The van der Waals surface area contributed by atoms with Crippen molar-refractivity contribution in [3.8, 4) is 0 Å². The quantitative estimate of drug-likeness (QED) is 0.136. The van der Waals surface area contributed by atoms with Crippen LogP contribution >= 0.6 is 0 Å². The van der Waals surface area contributed by atoms with Gasteiger partial charge in [0.2, 0.25) is 0 Å². The Hall–Kier alpha value is -2.72. The van der Waals surface area contributed by atoms with Gasteiger partial charge in [-0.2, -0.15) is 0 Å². The predicted molar refractivity (Wildman–Crippen MR) is 149 cm³/mol. The van der Waals surface area contributed by atoms with E-state index < -0.39 is 0 Å². The molecule has 4 nitrogen and oxygen atoms in total. The molecule has 0 aromatic heterocycles. The summed E-state index contributed by atoms with van der Waals surface area (Å²) in [5.74, 6) is 0.0304. The van der Waals surface area contributed by atoms with E-state index in [9.17, 15) is 4.79 Å². The fourth-order valence-corrected chi connectivity index (χ4v) is 3.97. The predicted octanol–water partition coefficient (Wildman–Crippen LogP) is 6.65. The Labute approximate surface area is 208 Å². The standard InChI is InChI=1S/C30H45N3O/c1-6-9-10-11-12-13-14-18-27(19-15-23-31)22-21-25(4)28-20-16-24-33(28)30(34)29(32-8-3)26(5)17-7-2/h6,9,12-15,17-19,22,28H,4,7-8,10-11,16,20-21,23-24,31H2,1-3,5H3/b9-6-,13-12+,18-14+,19-15-,26-17-,27-22-,32-29?. The zero-order valence-electron chi connectivity index (χ0n) is 21.8. The summed E-state index contributed by atoms with van der Waals surface area (Å²) in [5, 5.41) is 0. The van der Waals surface area contributed by atoms with Gasteiger partial charge in [-0.25, -0.2) is 0 Å². The van der Waals surface area contributed by atoms with Gasteiger partial charge in [0.05, 0.1) is 6.04 Å². The minimum Gasteiger partial charge on any atom is -0.331 e. The van der Waals surface area contributed by atoms with Crippen molar-refractivity contribution in [1.82, 2.24) is 4.90 Å². The van der Waals surface area contributed by atoms with Crippen molar-refractivity contribution in [3.63, 3.8) is 0 Å². The molecule has 0 spiro atoms. The van der Waals surface area contributed by atoms with Crippen LogP contribution in [0.1, 0.15) is 66.2 Å². The lowest BCUT2D eigenvalue weighted by molar-refractivity contribution is -0.124. The third-order valence-corrected chi connectivity index (χ3v) is 5.71. The van der Waals surface area contributed by atoms with Gasteiger partial charge in [0.25, 0.3) is 5.91 Å². The van der Waals surface area contributed by atoms with Crippen LogP contribution in [0.15, 0.2) is 89.1 Å². The molecule has 2 N–H and O–H groups in total. The van der Waals surface area contributed by atoms with E-state index in [2.05, 4.69) is 67.1 Å². The Bertz CT molecular complexity index is 852. The third-order valence-electron chi connectivity index (χ3n) is 5.71. The van der Waals surface area contributed by atoms with Crippen LogP contribution in [-0.2, 0) is 4.79 Å². The Kier molecular flexibility index (Phi) is 15.3. The van der Waals surface area contributed by atoms with Gasteiger partial charge >= 0.3 is 0 Å². The third kappa shape index (κ3) is 10.5. The summed E-state index contributed by atoms with van der Waals surface area (Å²) in [7, 11) is 0. The molecule has 0 saturated carbocycles. The number of rotatable bonds is 14. The van der Waals surface area contributed by atoms with Gasteiger partial charge in [0.15, 0.2) is 0 Å². The van der Waals surface area contributed by atoms with Crippen molar-refractivity contribution in [3.05, 3.63) is 84.1 Å². The lowest BCUT2D eigenvalue weighted by atomic mass is 10.0. The number of likely N-dealkylation sites (tertiary alicyclic amines) is 1. The molecule has 0 bridgehead atoms. The topological polar surface area (TPSA) is 58.7 Å². The average Bonchev–Trinajstić information content (AvgIpc) is 3.32. The number of aliphatic imine (C=N–C) groups is 1. The number of nitrogens with two attached hydrogens (primary N) is 1. The Balaban J connectivity index is 2.92. The van der Waals surface area contributed by atoms with Crippen LogP contribution in [-0.4, -0.2) is 42.2 Å². The molecule has 1 aliphatic heterocycles. The van der Waals surface area contributed by atoms with Crippen molar-refractivity contribution in [2.75, 3.05) is 19.6 Å². The molecule has 1 amide bonds. The number of hydrogen-bond donors (Lipinski definition) is 1. The van der Waals surface area contributed by atoms with Gasteiger partial charge in [0.1, 0.15) is 5.71 Å². The largest absolute Gasteiger partial charge is 0.331 e. The highest BCUT2D eigenvalue weighted by Gasteiger charge is 2.32. The first-order valence-corrected chi connectivity index (χ1v) is 12.7. The minimum absolute atomic E-state index is 0.0304. The molecule has 0 aromatic carbocycles. The highest BCUT2D eigenvalue weighted by Crippen LogP contribution is 2.26. The van der Waals surface area contributed by atoms with Crippen LogP contribution in [0, 0.1) is 0 Å². The van der Waals surface area contributed by atoms with Gasteiger partial charge in [0, 0.05) is 19.6 Å². The van der Waals surface area contributed by atoms with Crippen LogP contribution < -0.4 is 5.73 Å². The molecule has 1 aliphatic rings. The van der Waals surface area contributed by atoms with E-state index in [4.69, 9.17) is 5.73 Å². The Morgan fingerprint density at radius 3 is 2.56 bits per heavy atom. The van der Waals surface area contributed by atoms with Crippen LogP contribution in [0.4, 0.5) is 0 Å². The van der Waals surface area contributed by atoms with Crippen LogP contribution in [0.25, 0.3) is 0 Å². The summed E-state index contributed by atoms with van der Waals surface area (Å²) in [6.45, 7) is 14.3. The molecule has 186 valence electrons. The highest BCUT2D eigenvalue weighted by molar-refractivity contribution is 6.45. The number of nitrogens with zero attached hydrogens (tertiary/aromatic N) is 2. The molecule has 34 heavy (non-hydrogen) atoms. The van der Waals surface area contributed by atoms with Crippen LogP contribution in [0.2, 0.25) is 0 Å². The second kappa shape index (κ2) is 17.7. The first-order valence-electron chi connectivity index (χ1n) is 12.7. The van der Waals surface area contributed by atoms with Gasteiger partial charge < -0.3 is 10.6 Å². The average molecular weight is 464 g/mol. The molecule has 1 saturated heterocycles. The molecule has 1 unspecified atom stereocenters. The zero-order chi connectivity index (χ0) is 25.2. The van der Waals surface area contributed by atoms with E-state index in [1.165, 1.54) is 0 Å². The second-order valence-corrected chi connectivity index (χ2v) is 8.41. The van der Waals surface area contributed by atoms with E-state index in [0.717, 1.165) is 61.8 Å². The Morgan fingerprint density at radius 1 is 1.12 bits per heavy atom. The maximum absolute atomic E-state index is 13.4. The molecule has 1 rings (SSSR count). The van der Waals surface area contributed by atoms with E-state index in [-0.39, 0.29) is 11.9 Å². The molecule has 0 aliphatic carbocycles. The molecule has 4 heteroatoms. The Morgan fingerprint density at radius 2 is 1.88 bits per heavy atom. The summed E-state index contributed by atoms with van der Waals surface area (Å²) in [5.41, 5.74) is 9.38. The van der Waals surface area contributed by atoms with E-state index >= 15 is 0 Å². The number of carbonyl (C=O) groups is 1. The first-order chi connectivity index (χ1) is 16.5. The smallest absolute Gasteiger partial charge is 0.272 e. The number of hydrogen-bond acceptors (Lipinski definition) is 3. The van der Waals surface area contributed by atoms with Crippen LogP contribution in [0.3, 0.4) is 0 Å². The maximum atomic E-state index is 13.4. The van der Waals surface area contributed by atoms with Crippen molar-refractivity contribution in [2.45, 2.75) is 72.3 Å². The van der Waals surface area contributed by atoms with Crippen molar-refractivity contribution < 1.29 is 4.79 Å². The van der Waals surface area contributed by atoms with Gasteiger partial charge in [-0.05, 0) is 70.4 Å². The van der Waals surface area contributed by atoms with Gasteiger partial charge in [-0.1, -0.05) is 79.8 Å². The van der Waals surface area contributed by atoms with Gasteiger partial charge in [-0.15, -0.1) is 0 Å². The SMILES string of the molecule is C=C(C/C=C(\C=C/CN)/C=C/C=C/CC/C=C\C)C1CCCN1C(=O)C(=NCC)/C(C)=C\CC. The fraction of sp³-hybridized carbons (Fsp3) is 0.467. The van der Waals surface area contributed by atoms with Crippen molar-refractivity contribution in [1.29, 1.82) is 0 Å². The normalized spacial score (nSPS) is 18.4. The monoisotopic (exact) mass is 463 g/mol. The maximum Gasteiger partial charge on any atom is 0.272 e. The molecule has 0 radical (unpaired) electrons. The minimum atomic E-state index is 0.0304. The van der Waals surface area contributed by atoms with E-state index in [1.807, 2.05) is 37.8 Å². The second-order valence-electron chi connectivity index (χ2n) is 8.41. The summed E-state index contributed by atoms with van der Waals surface area (Å²) in [6.07, 6.45) is 26.5. The highest BCUT2D eigenvalue weighted by atomic mass is 16.2. The number of unbranched alkanes of at least 4 members (excludes halogenated alkanes) is 1. The van der Waals surface area contributed by atoms with E-state index in [1.54, 1.807) is 0 Å². The molecule has 1 heterocycles. The first kappa shape index (κ1) is 29.3. The lowest BCUT2D eigenvalue weighted by Gasteiger charge is -2.27. The zero-order valence-corrected chi connectivity index (χ0v) is 21.8. The molecular weight excluding hydrogens is 418 g/mol. The van der Waals surface area contributed by atoms with Crippen LogP contribution in [0.5, 0.6) is 0 Å². The molecule has 1 fully saturated rings.